The van der Waals surface area contributed by atoms with Crippen LogP contribution in [0.3, 0.4) is 0 Å². The van der Waals surface area contributed by atoms with Crippen molar-refractivity contribution in [3.05, 3.63) is 53.6 Å². The molecular formula is C20H23NO4. The van der Waals surface area contributed by atoms with Gasteiger partial charge in [0.15, 0.2) is 0 Å². The Hall–Kier alpha value is -2.56. The monoisotopic (exact) mass is 341 g/mol. The van der Waals surface area contributed by atoms with Crippen molar-refractivity contribution in [3.8, 4) is 11.8 Å². The summed E-state index contributed by atoms with van der Waals surface area (Å²) in [5, 5.41) is 9.77. The highest BCUT2D eigenvalue weighted by Crippen LogP contribution is 2.49. The molecule has 1 aromatic carbocycles. The summed E-state index contributed by atoms with van der Waals surface area (Å²) in [6, 6.07) is 13.3. The Balaban J connectivity index is 1.88. The van der Waals surface area contributed by atoms with Crippen molar-refractivity contribution in [2.45, 2.75) is 38.7 Å². The van der Waals surface area contributed by atoms with Crippen LogP contribution in [0.5, 0.6) is 11.8 Å². The first kappa shape index (κ1) is 17.3. The van der Waals surface area contributed by atoms with Crippen LogP contribution in [0.4, 0.5) is 0 Å². The SMILES string of the molecule is CCOc1cc(C2(C(=O)O)CC(C)C2)cc(OCc2ccccc2)n1. The molecule has 3 rings (SSSR count). The molecule has 0 radical (unpaired) electrons. The van der Waals surface area contributed by atoms with E-state index in [2.05, 4.69) is 11.9 Å². The third-order valence-corrected chi connectivity index (χ3v) is 4.66. The van der Waals surface area contributed by atoms with E-state index in [4.69, 9.17) is 9.47 Å². The van der Waals surface area contributed by atoms with Crippen LogP contribution >= 0.6 is 0 Å². The molecule has 132 valence electrons. The maximum atomic E-state index is 11.9. The number of carbonyl (C=O) groups is 1. The average molecular weight is 341 g/mol. The smallest absolute Gasteiger partial charge is 0.314 e. The summed E-state index contributed by atoms with van der Waals surface area (Å²) in [5.41, 5.74) is 0.872. The minimum absolute atomic E-state index is 0.374. The number of benzene rings is 1. The minimum Gasteiger partial charge on any atom is -0.481 e. The Morgan fingerprint density at radius 2 is 1.84 bits per heavy atom. The van der Waals surface area contributed by atoms with E-state index in [1.165, 1.54) is 0 Å². The van der Waals surface area contributed by atoms with Crippen molar-refractivity contribution >= 4 is 5.97 Å². The number of aliphatic carboxylic acids is 1. The normalized spacial score (nSPS) is 22.1. The topological polar surface area (TPSA) is 68.7 Å². The van der Waals surface area contributed by atoms with Crippen molar-refractivity contribution in [1.29, 1.82) is 0 Å². The Labute approximate surface area is 147 Å². The van der Waals surface area contributed by atoms with Crippen LogP contribution in [0.15, 0.2) is 42.5 Å². The van der Waals surface area contributed by atoms with Crippen LogP contribution in [0, 0.1) is 5.92 Å². The number of rotatable bonds is 7. The zero-order valence-electron chi connectivity index (χ0n) is 14.6. The maximum Gasteiger partial charge on any atom is 0.314 e. The first-order chi connectivity index (χ1) is 12.0. The molecule has 0 atom stereocenters. The second-order valence-corrected chi connectivity index (χ2v) is 6.64. The minimum atomic E-state index is -0.862. The van der Waals surface area contributed by atoms with E-state index in [-0.39, 0.29) is 0 Å². The molecule has 0 aliphatic heterocycles. The van der Waals surface area contributed by atoms with E-state index >= 15 is 0 Å². The summed E-state index contributed by atoms with van der Waals surface area (Å²) in [6.07, 6.45) is 1.24. The van der Waals surface area contributed by atoms with Gasteiger partial charge in [-0.2, -0.15) is 4.98 Å². The molecular weight excluding hydrogens is 318 g/mol. The van der Waals surface area contributed by atoms with Gasteiger partial charge in [-0.25, -0.2) is 0 Å². The van der Waals surface area contributed by atoms with Gasteiger partial charge >= 0.3 is 5.97 Å². The number of carboxylic acids is 1. The van der Waals surface area contributed by atoms with Crippen LogP contribution in [0.25, 0.3) is 0 Å². The van der Waals surface area contributed by atoms with Gasteiger partial charge in [0.1, 0.15) is 6.61 Å². The van der Waals surface area contributed by atoms with Gasteiger partial charge in [-0.3, -0.25) is 4.79 Å². The van der Waals surface area contributed by atoms with Crippen LogP contribution in [-0.4, -0.2) is 22.7 Å². The predicted molar refractivity (Wildman–Crippen MR) is 93.9 cm³/mol. The molecule has 0 bridgehead atoms. The Morgan fingerprint density at radius 3 is 2.40 bits per heavy atom. The Kier molecular flexibility index (Phi) is 4.93. The number of hydrogen-bond donors (Lipinski definition) is 1. The number of hydrogen-bond acceptors (Lipinski definition) is 4. The van der Waals surface area contributed by atoms with Crippen LogP contribution < -0.4 is 9.47 Å². The molecule has 5 heteroatoms. The van der Waals surface area contributed by atoms with Gasteiger partial charge in [0.2, 0.25) is 11.8 Å². The first-order valence-corrected chi connectivity index (χ1v) is 8.59. The fraction of sp³-hybridized carbons (Fsp3) is 0.400. The second-order valence-electron chi connectivity index (χ2n) is 6.64. The van der Waals surface area contributed by atoms with Crippen molar-refractivity contribution < 1.29 is 19.4 Å². The molecule has 0 unspecified atom stereocenters. The highest BCUT2D eigenvalue weighted by Gasteiger charge is 2.50. The zero-order chi connectivity index (χ0) is 17.9. The lowest BCUT2D eigenvalue weighted by Gasteiger charge is -2.43. The highest BCUT2D eigenvalue weighted by atomic mass is 16.5. The Morgan fingerprint density at radius 1 is 1.20 bits per heavy atom. The molecule has 5 nitrogen and oxygen atoms in total. The van der Waals surface area contributed by atoms with Gasteiger partial charge in [0.25, 0.3) is 0 Å². The van der Waals surface area contributed by atoms with Gasteiger partial charge in [-0.1, -0.05) is 37.3 Å². The van der Waals surface area contributed by atoms with Gasteiger partial charge in [0.05, 0.1) is 12.0 Å². The van der Waals surface area contributed by atoms with Crippen molar-refractivity contribution in [1.82, 2.24) is 4.98 Å². The Bertz CT molecular complexity index is 739. The predicted octanol–water partition coefficient (Wildman–Crippen LogP) is 3.81. The fourth-order valence-electron chi connectivity index (χ4n) is 3.45. The summed E-state index contributed by atoms with van der Waals surface area (Å²) >= 11 is 0. The zero-order valence-corrected chi connectivity index (χ0v) is 14.6. The lowest BCUT2D eigenvalue weighted by Crippen LogP contribution is -2.47. The van der Waals surface area contributed by atoms with Crippen LogP contribution in [-0.2, 0) is 16.8 Å². The summed E-state index contributed by atoms with van der Waals surface area (Å²) in [4.78, 5) is 16.3. The third kappa shape index (κ3) is 3.60. The summed E-state index contributed by atoms with van der Waals surface area (Å²) in [5.74, 6) is 0.398. The number of pyridine rings is 1. The molecule has 1 heterocycles. The third-order valence-electron chi connectivity index (χ3n) is 4.66. The van der Waals surface area contributed by atoms with Gasteiger partial charge in [0, 0.05) is 12.1 Å². The number of carboxylic acid groups (broad SMARTS) is 1. The molecule has 2 aromatic rings. The average Bonchev–Trinajstić information content (AvgIpc) is 2.58. The van der Waals surface area contributed by atoms with E-state index in [0.717, 1.165) is 5.56 Å². The molecule has 0 saturated heterocycles. The highest BCUT2D eigenvalue weighted by molar-refractivity contribution is 5.83. The van der Waals surface area contributed by atoms with Crippen molar-refractivity contribution in [2.24, 2.45) is 5.92 Å². The lowest BCUT2D eigenvalue weighted by atomic mass is 9.59. The number of aromatic nitrogens is 1. The van der Waals surface area contributed by atoms with E-state index in [1.807, 2.05) is 37.3 Å². The van der Waals surface area contributed by atoms with E-state index in [9.17, 15) is 9.90 Å². The van der Waals surface area contributed by atoms with Crippen LogP contribution in [0.1, 0.15) is 37.8 Å². The molecule has 1 fully saturated rings. The fourth-order valence-corrected chi connectivity index (χ4v) is 3.45. The van der Waals surface area contributed by atoms with Gasteiger partial charge < -0.3 is 14.6 Å². The number of ether oxygens (including phenoxy) is 2. The van der Waals surface area contributed by atoms with E-state index in [1.54, 1.807) is 12.1 Å². The quantitative estimate of drug-likeness (QED) is 0.829. The molecule has 0 spiro atoms. The molecule has 1 N–H and O–H groups in total. The lowest BCUT2D eigenvalue weighted by molar-refractivity contribution is -0.149. The van der Waals surface area contributed by atoms with Crippen LogP contribution in [0.2, 0.25) is 0 Å². The second kappa shape index (κ2) is 7.13. The van der Waals surface area contributed by atoms with Crippen molar-refractivity contribution in [3.63, 3.8) is 0 Å². The molecule has 1 aromatic heterocycles. The standard InChI is InChI=1S/C20H23NO4/c1-3-24-17-9-16(20(19(22)23)11-14(2)12-20)10-18(21-17)25-13-15-7-5-4-6-8-15/h4-10,14H,3,11-13H2,1-2H3,(H,22,23). The summed E-state index contributed by atoms with van der Waals surface area (Å²) in [6.45, 7) is 4.78. The van der Waals surface area contributed by atoms with Crippen molar-refractivity contribution in [2.75, 3.05) is 6.61 Å². The summed E-state index contributed by atoms with van der Waals surface area (Å²) < 4.78 is 11.3. The molecule has 25 heavy (non-hydrogen) atoms. The largest absolute Gasteiger partial charge is 0.481 e. The van der Waals surface area contributed by atoms with Gasteiger partial charge in [-0.15, -0.1) is 0 Å². The van der Waals surface area contributed by atoms with Gasteiger partial charge in [-0.05, 0) is 36.8 Å². The molecule has 0 amide bonds. The van der Waals surface area contributed by atoms with E-state index in [0.29, 0.717) is 49.3 Å². The van der Waals surface area contributed by atoms with E-state index < -0.39 is 11.4 Å². The molecule has 1 aliphatic rings. The number of nitrogens with zero attached hydrogens (tertiary/aromatic N) is 1. The molecule has 1 aliphatic carbocycles. The maximum absolute atomic E-state index is 11.9. The first-order valence-electron chi connectivity index (χ1n) is 8.59. The molecule has 1 saturated carbocycles. The summed E-state index contributed by atoms with van der Waals surface area (Å²) in [7, 11) is 0.